The molecule has 7 nitrogen and oxygen atoms in total. The number of carbonyl (C=O) groups is 1. The average molecular weight is 344 g/mol. The minimum atomic E-state index is -0.975. The highest BCUT2D eigenvalue weighted by atomic mass is 16.5. The summed E-state index contributed by atoms with van der Waals surface area (Å²) in [5, 5.41) is 14.8. The number of piperidine rings is 1. The van der Waals surface area contributed by atoms with Gasteiger partial charge in [0, 0.05) is 38.8 Å². The van der Waals surface area contributed by atoms with Gasteiger partial charge in [-0.1, -0.05) is 18.1 Å². The van der Waals surface area contributed by atoms with Gasteiger partial charge in [-0.2, -0.15) is 0 Å². The molecule has 1 atom stereocenters. The van der Waals surface area contributed by atoms with Gasteiger partial charge in [-0.3, -0.25) is 4.79 Å². The Kier molecular flexibility index (Phi) is 5.03. The zero-order valence-electron chi connectivity index (χ0n) is 14.7. The summed E-state index contributed by atoms with van der Waals surface area (Å²) in [5.74, 6) is 1.28. The van der Waals surface area contributed by atoms with Gasteiger partial charge in [0.05, 0.1) is 12.1 Å². The van der Waals surface area contributed by atoms with Crippen LogP contribution in [0.5, 0.6) is 0 Å². The fourth-order valence-corrected chi connectivity index (χ4v) is 3.27. The Morgan fingerprint density at radius 1 is 1.48 bits per heavy atom. The molecule has 2 aromatic heterocycles. The molecule has 0 spiro atoms. The van der Waals surface area contributed by atoms with Gasteiger partial charge in [0.25, 0.3) is 5.91 Å². The Balaban J connectivity index is 1.66. The lowest BCUT2D eigenvalue weighted by Crippen LogP contribution is -2.54. The fraction of sp³-hybridized carbons (Fsp3) is 0.500. The van der Waals surface area contributed by atoms with Crippen LogP contribution in [0.2, 0.25) is 0 Å². The van der Waals surface area contributed by atoms with Gasteiger partial charge in [0.2, 0.25) is 0 Å². The van der Waals surface area contributed by atoms with Crippen molar-refractivity contribution in [2.45, 2.75) is 31.8 Å². The SMILES string of the molecule is CCc1cc(C(=O)N(C)C[C@]2(O)CCCN(c3ccccn3)C2)no1. The first-order chi connectivity index (χ1) is 12.0. The number of aromatic nitrogens is 2. The van der Waals surface area contributed by atoms with Gasteiger partial charge >= 0.3 is 0 Å². The first-order valence-corrected chi connectivity index (χ1v) is 8.60. The van der Waals surface area contributed by atoms with E-state index >= 15 is 0 Å². The van der Waals surface area contributed by atoms with Gasteiger partial charge in [-0.05, 0) is 25.0 Å². The van der Waals surface area contributed by atoms with E-state index in [4.69, 9.17) is 4.52 Å². The predicted octanol–water partition coefficient (Wildman–Crippen LogP) is 1.74. The van der Waals surface area contributed by atoms with Crippen LogP contribution in [-0.2, 0) is 6.42 Å². The van der Waals surface area contributed by atoms with Crippen molar-refractivity contribution < 1.29 is 14.4 Å². The standard InChI is InChI=1S/C18H24N4O3/c1-3-14-11-15(20-25-14)17(23)21(2)12-18(24)8-6-10-22(13-18)16-7-4-5-9-19-16/h4-5,7,9,11,24H,3,6,8,10,12-13H2,1-2H3/t18-/m1/s1. The van der Waals surface area contributed by atoms with E-state index in [2.05, 4.69) is 15.0 Å². The van der Waals surface area contributed by atoms with Crippen LogP contribution >= 0.6 is 0 Å². The molecule has 1 amide bonds. The van der Waals surface area contributed by atoms with Crippen LogP contribution in [0.1, 0.15) is 36.0 Å². The number of hydrogen-bond donors (Lipinski definition) is 1. The number of β-amino-alcohol motifs (C(OH)–C–C–N with tert-alkyl or cyclic N) is 1. The summed E-state index contributed by atoms with van der Waals surface area (Å²) < 4.78 is 5.10. The minimum absolute atomic E-state index is 0.240. The second-order valence-electron chi connectivity index (χ2n) is 6.63. The molecule has 3 heterocycles. The van der Waals surface area contributed by atoms with Gasteiger partial charge in [0.1, 0.15) is 11.6 Å². The van der Waals surface area contributed by atoms with Gasteiger partial charge < -0.3 is 19.4 Å². The number of anilines is 1. The Hall–Kier alpha value is -2.41. The maximum atomic E-state index is 12.5. The summed E-state index contributed by atoms with van der Waals surface area (Å²) in [7, 11) is 1.68. The number of likely N-dealkylation sites (N-methyl/N-ethyl adjacent to an activating group) is 1. The molecule has 2 aromatic rings. The van der Waals surface area contributed by atoms with Crippen LogP contribution < -0.4 is 4.90 Å². The lowest BCUT2D eigenvalue weighted by molar-refractivity contribution is -0.000377. The number of hydrogen-bond acceptors (Lipinski definition) is 6. The molecule has 0 saturated carbocycles. The minimum Gasteiger partial charge on any atom is -0.386 e. The fourth-order valence-electron chi connectivity index (χ4n) is 3.27. The van der Waals surface area contributed by atoms with E-state index in [1.807, 2.05) is 25.1 Å². The normalized spacial score (nSPS) is 20.5. The quantitative estimate of drug-likeness (QED) is 0.889. The number of rotatable bonds is 5. The van der Waals surface area contributed by atoms with Crippen LogP contribution in [0.3, 0.4) is 0 Å². The molecule has 1 saturated heterocycles. The number of carbonyl (C=O) groups excluding carboxylic acids is 1. The molecule has 134 valence electrons. The van der Waals surface area contributed by atoms with Gasteiger partial charge in [-0.15, -0.1) is 0 Å². The Bertz CT molecular complexity index is 718. The molecule has 1 aliphatic rings. The summed E-state index contributed by atoms with van der Waals surface area (Å²) >= 11 is 0. The van der Waals surface area contributed by atoms with E-state index < -0.39 is 5.60 Å². The first-order valence-electron chi connectivity index (χ1n) is 8.60. The summed E-state index contributed by atoms with van der Waals surface area (Å²) in [6, 6.07) is 7.39. The predicted molar refractivity (Wildman–Crippen MR) is 93.5 cm³/mol. The number of aliphatic hydroxyl groups is 1. The Labute approximate surface area is 147 Å². The Morgan fingerprint density at radius 2 is 2.32 bits per heavy atom. The van der Waals surface area contributed by atoms with Crippen LogP contribution in [0.15, 0.2) is 35.0 Å². The molecule has 0 unspecified atom stereocenters. The molecule has 1 fully saturated rings. The highest BCUT2D eigenvalue weighted by Gasteiger charge is 2.36. The van der Waals surface area contributed by atoms with Gasteiger partial charge in [-0.25, -0.2) is 4.98 Å². The summed E-state index contributed by atoms with van der Waals surface area (Å²) in [4.78, 5) is 20.4. The van der Waals surface area contributed by atoms with Crippen LogP contribution in [-0.4, -0.2) is 58.3 Å². The van der Waals surface area contributed by atoms with Crippen molar-refractivity contribution in [1.29, 1.82) is 0 Å². The molecule has 1 N–H and O–H groups in total. The zero-order valence-corrected chi connectivity index (χ0v) is 14.7. The van der Waals surface area contributed by atoms with E-state index in [9.17, 15) is 9.90 Å². The molecular weight excluding hydrogens is 320 g/mol. The van der Waals surface area contributed by atoms with E-state index in [1.54, 1.807) is 19.3 Å². The molecule has 0 bridgehead atoms. The lowest BCUT2D eigenvalue weighted by Gasteiger charge is -2.41. The van der Waals surface area contributed by atoms with E-state index in [-0.39, 0.29) is 18.1 Å². The van der Waals surface area contributed by atoms with Crippen molar-refractivity contribution in [2.75, 3.05) is 31.6 Å². The molecule has 0 aliphatic carbocycles. The second kappa shape index (κ2) is 7.23. The molecule has 1 aliphatic heterocycles. The van der Waals surface area contributed by atoms with Crippen LogP contribution in [0.4, 0.5) is 5.82 Å². The molecule has 25 heavy (non-hydrogen) atoms. The van der Waals surface area contributed by atoms with Crippen molar-refractivity contribution in [2.24, 2.45) is 0 Å². The summed E-state index contributed by atoms with van der Waals surface area (Å²) in [6.45, 7) is 3.47. The largest absolute Gasteiger partial charge is 0.386 e. The van der Waals surface area contributed by atoms with Crippen molar-refractivity contribution >= 4 is 11.7 Å². The number of amides is 1. The monoisotopic (exact) mass is 344 g/mol. The summed E-state index contributed by atoms with van der Waals surface area (Å²) in [6.07, 6.45) is 3.92. The average Bonchev–Trinajstić information content (AvgIpc) is 3.10. The third-order valence-corrected chi connectivity index (χ3v) is 4.53. The van der Waals surface area contributed by atoms with Gasteiger partial charge in [0.15, 0.2) is 5.69 Å². The van der Waals surface area contributed by atoms with Crippen molar-refractivity contribution in [3.63, 3.8) is 0 Å². The van der Waals surface area contributed by atoms with Crippen molar-refractivity contribution in [3.8, 4) is 0 Å². The number of nitrogens with zero attached hydrogens (tertiary/aromatic N) is 4. The molecular formula is C18H24N4O3. The third kappa shape index (κ3) is 3.99. The molecule has 0 radical (unpaired) electrons. The van der Waals surface area contributed by atoms with E-state index in [0.717, 1.165) is 18.8 Å². The first kappa shape index (κ1) is 17.4. The maximum absolute atomic E-state index is 12.5. The maximum Gasteiger partial charge on any atom is 0.275 e. The zero-order chi connectivity index (χ0) is 17.9. The summed E-state index contributed by atoms with van der Waals surface area (Å²) in [5.41, 5.74) is -0.697. The topological polar surface area (TPSA) is 82.7 Å². The smallest absolute Gasteiger partial charge is 0.275 e. The third-order valence-electron chi connectivity index (χ3n) is 4.53. The van der Waals surface area contributed by atoms with Crippen LogP contribution in [0, 0.1) is 0 Å². The highest BCUT2D eigenvalue weighted by Crippen LogP contribution is 2.25. The van der Waals surface area contributed by atoms with E-state index in [0.29, 0.717) is 25.1 Å². The number of pyridine rings is 1. The van der Waals surface area contributed by atoms with E-state index in [1.165, 1.54) is 4.90 Å². The van der Waals surface area contributed by atoms with Crippen LogP contribution in [0.25, 0.3) is 0 Å². The Morgan fingerprint density at radius 3 is 3.00 bits per heavy atom. The highest BCUT2D eigenvalue weighted by molar-refractivity contribution is 5.92. The second-order valence-corrected chi connectivity index (χ2v) is 6.63. The number of aryl methyl sites for hydroxylation is 1. The van der Waals surface area contributed by atoms with Crippen molar-refractivity contribution in [3.05, 3.63) is 41.9 Å². The molecule has 7 heteroatoms. The molecule has 3 rings (SSSR count). The molecule has 0 aromatic carbocycles. The lowest BCUT2D eigenvalue weighted by atomic mass is 9.92. The van der Waals surface area contributed by atoms with Crippen molar-refractivity contribution in [1.82, 2.24) is 15.0 Å².